The number of H-pyrrole nitrogens is 1. The van der Waals surface area contributed by atoms with Crippen LogP contribution in [0.4, 0.5) is 0 Å². The number of unbranched alkanes of at least 4 members (excludes halogenated alkanes) is 4. The lowest BCUT2D eigenvalue weighted by Crippen LogP contribution is -2.64. The molecule has 1 saturated carbocycles. The first-order valence-corrected chi connectivity index (χ1v) is 24.3. The zero-order chi connectivity index (χ0) is 52.9. The molecule has 3 aliphatic rings. The number of ether oxygens (including phenoxy) is 5. The van der Waals surface area contributed by atoms with Gasteiger partial charge in [0.1, 0.15) is 17.5 Å². The Kier molecular flexibility index (Phi) is 17.0. The Morgan fingerprint density at radius 1 is 0.917 bits per heavy atom. The van der Waals surface area contributed by atoms with Crippen molar-refractivity contribution in [2.75, 3.05) is 0 Å². The number of ketones is 1. The molecule has 9 atom stereocenters. The van der Waals surface area contributed by atoms with Crippen molar-refractivity contribution in [2.45, 2.75) is 174 Å². The van der Waals surface area contributed by atoms with Gasteiger partial charge in [-0.1, -0.05) is 62.9 Å². The van der Waals surface area contributed by atoms with Crippen LogP contribution in [0.1, 0.15) is 140 Å². The molecule has 0 bridgehead atoms. The van der Waals surface area contributed by atoms with Crippen molar-refractivity contribution in [3.05, 3.63) is 86.3 Å². The highest BCUT2D eigenvalue weighted by molar-refractivity contribution is 5.98. The second-order valence-electron chi connectivity index (χ2n) is 19.4. The van der Waals surface area contributed by atoms with Crippen LogP contribution >= 0.6 is 0 Å². The fraction of sp³-hybridized carbons (Fsp3) is 0.558. The summed E-state index contributed by atoms with van der Waals surface area (Å²) < 4.78 is 29.8. The summed E-state index contributed by atoms with van der Waals surface area (Å²) in [5.41, 5.74) is -5.60. The lowest BCUT2D eigenvalue weighted by Gasteiger charge is -2.41. The average Bonchev–Trinajstić information content (AvgIpc) is 3.65. The molecule has 1 aromatic carbocycles. The number of carboxylic acids is 1. The number of carboxylic acid groups (broad SMARTS) is 1. The Morgan fingerprint density at radius 3 is 2.25 bits per heavy atom. The third kappa shape index (κ3) is 11.5. The first kappa shape index (κ1) is 54.7. The van der Waals surface area contributed by atoms with Crippen molar-refractivity contribution >= 4 is 52.8 Å². The minimum atomic E-state index is -2.83. The van der Waals surface area contributed by atoms with Crippen LogP contribution in [-0.4, -0.2) is 118 Å². The number of fused-ring (bicyclic) bond motifs is 4. The number of nitrogens with one attached hydrogen (secondary N) is 1. The number of carbonyl (C=O) groups is 7. The summed E-state index contributed by atoms with van der Waals surface area (Å²) in [6, 6.07) is 6.52. The lowest BCUT2D eigenvalue weighted by atomic mass is 9.75. The highest BCUT2D eigenvalue weighted by atomic mass is 16.6. The van der Waals surface area contributed by atoms with Crippen molar-refractivity contribution in [1.82, 2.24) is 19.9 Å². The quantitative estimate of drug-likeness (QED) is 0.0272. The van der Waals surface area contributed by atoms with E-state index in [2.05, 4.69) is 26.9 Å². The number of nitrogens with zero attached hydrogens (tertiary/aromatic N) is 3. The summed E-state index contributed by atoms with van der Waals surface area (Å²) in [5, 5.41) is 34.9. The molecule has 2 aromatic heterocycles. The third-order valence-corrected chi connectivity index (χ3v) is 14.1. The molecule has 1 saturated heterocycles. The summed E-state index contributed by atoms with van der Waals surface area (Å²) in [6.07, 6.45) is -0.705. The maximum absolute atomic E-state index is 13.9. The van der Waals surface area contributed by atoms with Gasteiger partial charge >= 0.3 is 35.8 Å². The molecule has 3 aromatic rings. The second-order valence-corrected chi connectivity index (χ2v) is 19.4. The lowest BCUT2D eigenvalue weighted by molar-refractivity contribution is -0.212. The van der Waals surface area contributed by atoms with Gasteiger partial charge in [-0.2, -0.15) is 0 Å². The molecule has 2 fully saturated rings. The second kappa shape index (κ2) is 22.4. The zero-order valence-electron chi connectivity index (χ0n) is 41.9. The van der Waals surface area contributed by atoms with Gasteiger partial charge in [0.05, 0.1) is 23.7 Å². The van der Waals surface area contributed by atoms with Crippen molar-refractivity contribution in [3.8, 4) is 0 Å². The standard InChI is InChI=1S/C52H64N4O16/c1-9-11-12-13-14-15-37(59)69-43-40-39(28(4)42(43)70-48(64)27(3)10-2)44-52(67,51(8,66)49(65)71-44)36(25-50(40,7)72-30(6)57)68-38(60)23-21-33(47(62)63)24-35(58)32-19-16-31(17-20-32)18-22-34-26-53-45-41(56-34)46(61)55-29(5)54-45/h10,16-17,19-20,26,33,36,40,42-44,66-67H,9,11-15,18,21-25H2,1-8H3,(H,62,63)(H,53,54,55,61)/b27-10-/t33-,36+,40?,42+,43+,44+,50+,51-,52-/m1/s1. The molecular weight excluding hydrogens is 937 g/mol. The largest absolute Gasteiger partial charge is 0.481 e. The fourth-order valence-electron chi connectivity index (χ4n) is 9.96. The van der Waals surface area contributed by atoms with Crippen LogP contribution in [0, 0.1) is 18.8 Å². The maximum atomic E-state index is 13.9. The SMILES string of the molecule is C/C=C(/C)C(=O)O[C@H]1C(C)=C2C([C@@H]1OC(=O)CCCCCCC)[C@@](C)(OC(C)=O)C[C@H](OC(=O)CC[C@H](CC(=O)c1ccc(CCc3cnc4nc(C)[nH]c(=O)c4n3)cc1)C(=O)O)[C@@]1(O)[C@H]2OC(=O)[C@@]1(C)O. The molecule has 0 spiro atoms. The van der Waals surface area contributed by atoms with Gasteiger partial charge in [0, 0.05) is 43.7 Å². The van der Waals surface area contributed by atoms with E-state index in [0.29, 0.717) is 30.8 Å². The first-order chi connectivity index (χ1) is 33.9. The van der Waals surface area contributed by atoms with Crippen LogP contribution in [0.5, 0.6) is 0 Å². The molecule has 0 amide bonds. The molecule has 3 heterocycles. The number of aromatic nitrogens is 4. The third-order valence-electron chi connectivity index (χ3n) is 14.1. The van der Waals surface area contributed by atoms with E-state index in [9.17, 15) is 53.7 Å². The number of aromatic amines is 1. The summed E-state index contributed by atoms with van der Waals surface area (Å²) in [5.74, 6) is -8.88. The Hall–Kier alpha value is -6.67. The number of Topliss-reactive ketones (excluding diaryl/α,β-unsaturated/α-hetero) is 1. The zero-order valence-corrected chi connectivity index (χ0v) is 41.9. The topological polar surface area (TPSA) is 298 Å². The number of benzene rings is 1. The van der Waals surface area contributed by atoms with Crippen molar-refractivity contribution in [2.24, 2.45) is 11.8 Å². The summed E-state index contributed by atoms with van der Waals surface area (Å²) in [6.45, 7) is 11.8. The predicted octanol–water partition coefficient (Wildman–Crippen LogP) is 5.00. The molecule has 388 valence electrons. The van der Waals surface area contributed by atoms with Crippen LogP contribution in [-0.2, 0) is 65.3 Å². The molecule has 4 N–H and O–H groups in total. The number of aryl methyl sites for hydroxylation is 3. The number of rotatable bonds is 21. The van der Waals surface area contributed by atoms with Gasteiger partial charge in [-0.25, -0.2) is 24.5 Å². The molecule has 20 heteroatoms. The Labute approximate surface area is 415 Å². The first-order valence-electron chi connectivity index (χ1n) is 24.3. The molecule has 1 unspecified atom stereocenters. The molecule has 1 aliphatic heterocycles. The number of esters is 5. The van der Waals surface area contributed by atoms with Gasteiger partial charge in [-0.05, 0) is 83.9 Å². The van der Waals surface area contributed by atoms with Gasteiger partial charge in [0.2, 0.25) is 0 Å². The van der Waals surface area contributed by atoms with Crippen LogP contribution in [0.15, 0.2) is 58.1 Å². The number of aliphatic carboxylic acids is 1. The predicted molar refractivity (Wildman–Crippen MR) is 255 cm³/mol. The van der Waals surface area contributed by atoms with Gasteiger partial charge in [-0.3, -0.25) is 28.8 Å². The van der Waals surface area contributed by atoms with Crippen LogP contribution in [0.3, 0.4) is 0 Å². The highest BCUT2D eigenvalue weighted by Gasteiger charge is 2.76. The summed E-state index contributed by atoms with van der Waals surface area (Å²) >= 11 is 0. The van der Waals surface area contributed by atoms with Crippen molar-refractivity contribution < 1.29 is 72.6 Å². The number of carbonyl (C=O) groups excluding carboxylic acids is 6. The minimum absolute atomic E-state index is 0.00458. The van der Waals surface area contributed by atoms with E-state index in [1.165, 1.54) is 33.0 Å². The van der Waals surface area contributed by atoms with E-state index in [4.69, 9.17) is 23.7 Å². The fourth-order valence-corrected chi connectivity index (χ4v) is 9.96. The van der Waals surface area contributed by atoms with E-state index in [-0.39, 0.29) is 39.9 Å². The molecule has 6 rings (SSSR count). The monoisotopic (exact) mass is 1000 g/mol. The molecule has 20 nitrogen and oxygen atoms in total. The smallest absolute Gasteiger partial charge is 0.341 e. The summed E-state index contributed by atoms with van der Waals surface area (Å²) in [4.78, 5) is 121. The molecule has 2 aliphatic carbocycles. The number of aliphatic hydroxyl groups is 2. The normalized spacial score (nSPS) is 26.2. The number of hydrogen-bond acceptors (Lipinski definition) is 18. The van der Waals surface area contributed by atoms with Crippen LogP contribution < -0.4 is 5.56 Å². The van der Waals surface area contributed by atoms with Crippen LogP contribution in [0.25, 0.3) is 11.2 Å². The van der Waals surface area contributed by atoms with Gasteiger partial charge in [0.25, 0.3) is 5.56 Å². The maximum Gasteiger partial charge on any atom is 0.341 e. The van der Waals surface area contributed by atoms with E-state index in [1.807, 2.05) is 0 Å². The van der Waals surface area contributed by atoms with E-state index < -0.39 is 126 Å². The van der Waals surface area contributed by atoms with Crippen molar-refractivity contribution in [1.29, 1.82) is 0 Å². The Morgan fingerprint density at radius 2 is 1.60 bits per heavy atom. The molecule has 0 radical (unpaired) electrons. The average molecular weight is 1000 g/mol. The van der Waals surface area contributed by atoms with Gasteiger partial charge in [0.15, 0.2) is 46.5 Å². The van der Waals surface area contributed by atoms with Gasteiger partial charge in [-0.15, -0.1) is 0 Å². The van der Waals surface area contributed by atoms with E-state index in [1.54, 1.807) is 38.1 Å². The molecular formula is C52H64N4O16. The Balaban J connectivity index is 1.21. The Bertz CT molecular complexity index is 2730. The van der Waals surface area contributed by atoms with Crippen molar-refractivity contribution in [3.63, 3.8) is 0 Å². The van der Waals surface area contributed by atoms with E-state index in [0.717, 1.165) is 45.1 Å². The minimum Gasteiger partial charge on any atom is -0.481 e. The molecule has 72 heavy (non-hydrogen) atoms. The van der Waals surface area contributed by atoms with Gasteiger partial charge < -0.3 is 44.0 Å². The number of hydrogen-bond donors (Lipinski definition) is 4. The number of allylic oxidation sites excluding steroid dienone is 1. The summed E-state index contributed by atoms with van der Waals surface area (Å²) in [7, 11) is 0. The van der Waals surface area contributed by atoms with E-state index >= 15 is 0 Å². The highest BCUT2D eigenvalue weighted by Crippen LogP contribution is 2.57. The van der Waals surface area contributed by atoms with Crippen LogP contribution in [0.2, 0.25) is 0 Å².